The highest BCUT2D eigenvalue weighted by molar-refractivity contribution is 5.18. The molecule has 2 aromatic rings. The van der Waals surface area contributed by atoms with Gasteiger partial charge in [0.15, 0.2) is 5.82 Å². The lowest BCUT2D eigenvalue weighted by Crippen LogP contribution is -2.24. The predicted molar refractivity (Wildman–Crippen MR) is 78.0 cm³/mol. The highest BCUT2D eigenvalue weighted by Gasteiger charge is 2.38. The Morgan fingerprint density at radius 1 is 1.36 bits per heavy atom. The standard InChI is InChI=1S/C16H21N3O3/c1-9-5-13(9)15-4-3-12(21-15)8-19-7-11(20)6-14(19)16-17-10(2)18-22-16/h3-4,9,11,13-14,20H,5-8H2,1-2H3/t9-,11-,13+,14+/m0/s1. The predicted octanol–water partition coefficient (Wildman–Crippen LogP) is 2.40. The van der Waals surface area contributed by atoms with Crippen molar-refractivity contribution < 1.29 is 14.0 Å². The van der Waals surface area contributed by atoms with E-state index in [-0.39, 0.29) is 12.1 Å². The molecule has 0 amide bonds. The second-order valence-corrected chi connectivity index (χ2v) is 6.64. The van der Waals surface area contributed by atoms with Crippen LogP contribution in [0.15, 0.2) is 21.1 Å². The van der Waals surface area contributed by atoms with Crippen LogP contribution in [-0.2, 0) is 6.54 Å². The number of furan rings is 1. The van der Waals surface area contributed by atoms with Crippen LogP contribution in [0.1, 0.15) is 55.0 Å². The Kier molecular flexibility index (Phi) is 3.31. The highest BCUT2D eigenvalue weighted by Crippen LogP contribution is 2.47. The minimum Gasteiger partial charge on any atom is -0.464 e. The van der Waals surface area contributed by atoms with Gasteiger partial charge in [0.05, 0.1) is 18.7 Å². The largest absolute Gasteiger partial charge is 0.464 e. The summed E-state index contributed by atoms with van der Waals surface area (Å²) in [7, 11) is 0. The molecule has 1 aliphatic heterocycles. The van der Waals surface area contributed by atoms with Crippen molar-refractivity contribution in [2.24, 2.45) is 5.92 Å². The van der Waals surface area contributed by atoms with E-state index in [0.29, 0.717) is 37.1 Å². The monoisotopic (exact) mass is 303 g/mol. The quantitative estimate of drug-likeness (QED) is 0.934. The summed E-state index contributed by atoms with van der Waals surface area (Å²) >= 11 is 0. The van der Waals surface area contributed by atoms with Crippen molar-refractivity contribution in [1.29, 1.82) is 0 Å². The van der Waals surface area contributed by atoms with Gasteiger partial charge in [-0.2, -0.15) is 4.98 Å². The fraction of sp³-hybridized carbons (Fsp3) is 0.625. The van der Waals surface area contributed by atoms with E-state index in [1.54, 1.807) is 6.92 Å². The zero-order valence-corrected chi connectivity index (χ0v) is 12.9. The highest BCUT2D eigenvalue weighted by atomic mass is 16.5. The molecule has 2 fully saturated rings. The third kappa shape index (κ3) is 2.57. The second kappa shape index (κ2) is 5.21. The van der Waals surface area contributed by atoms with E-state index in [1.165, 1.54) is 6.42 Å². The molecule has 0 bridgehead atoms. The smallest absolute Gasteiger partial charge is 0.244 e. The van der Waals surface area contributed by atoms with Crippen LogP contribution < -0.4 is 0 Å². The van der Waals surface area contributed by atoms with Crippen molar-refractivity contribution in [3.63, 3.8) is 0 Å². The normalized spacial score (nSPS) is 31.8. The molecule has 0 unspecified atom stereocenters. The number of aliphatic hydroxyl groups is 1. The molecule has 6 nitrogen and oxygen atoms in total. The van der Waals surface area contributed by atoms with Crippen LogP contribution in [0.4, 0.5) is 0 Å². The number of likely N-dealkylation sites (tertiary alicyclic amines) is 1. The maximum Gasteiger partial charge on any atom is 0.244 e. The molecule has 1 saturated carbocycles. The number of aromatic nitrogens is 2. The zero-order valence-electron chi connectivity index (χ0n) is 12.9. The molecule has 1 aliphatic carbocycles. The van der Waals surface area contributed by atoms with Crippen LogP contribution in [0, 0.1) is 12.8 Å². The Morgan fingerprint density at radius 2 is 2.18 bits per heavy atom. The van der Waals surface area contributed by atoms with Gasteiger partial charge >= 0.3 is 0 Å². The molecule has 4 atom stereocenters. The van der Waals surface area contributed by atoms with E-state index in [2.05, 4.69) is 28.0 Å². The summed E-state index contributed by atoms with van der Waals surface area (Å²) in [5, 5.41) is 13.8. The molecule has 0 aromatic carbocycles. The number of hydrogen-bond donors (Lipinski definition) is 1. The number of nitrogens with zero attached hydrogens (tertiary/aromatic N) is 3. The van der Waals surface area contributed by atoms with Gasteiger partial charge in [0.25, 0.3) is 0 Å². The molecule has 2 aromatic heterocycles. The molecular formula is C16H21N3O3. The third-order valence-corrected chi connectivity index (χ3v) is 4.73. The Hall–Kier alpha value is -1.66. The first kappa shape index (κ1) is 14.0. The van der Waals surface area contributed by atoms with E-state index < -0.39 is 0 Å². The second-order valence-electron chi connectivity index (χ2n) is 6.64. The van der Waals surface area contributed by atoms with E-state index in [1.807, 2.05) is 6.07 Å². The Bertz CT molecular complexity index is 665. The summed E-state index contributed by atoms with van der Waals surface area (Å²) in [5.74, 6) is 4.56. The van der Waals surface area contributed by atoms with Crippen molar-refractivity contribution in [3.05, 3.63) is 35.4 Å². The first-order valence-corrected chi connectivity index (χ1v) is 7.91. The SMILES string of the molecule is Cc1noc([C@H]2C[C@H](O)CN2Cc2ccc([C@@H]3C[C@@H]3C)o2)n1. The van der Waals surface area contributed by atoms with Gasteiger partial charge in [-0.1, -0.05) is 12.1 Å². The van der Waals surface area contributed by atoms with Gasteiger partial charge in [0.2, 0.25) is 5.89 Å². The van der Waals surface area contributed by atoms with Gasteiger partial charge in [-0.3, -0.25) is 4.90 Å². The fourth-order valence-corrected chi connectivity index (χ4v) is 3.36. The summed E-state index contributed by atoms with van der Waals surface area (Å²) in [6, 6.07) is 4.09. The van der Waals surface area contributed by atoms with Crippen molar-refractivity contribution in [2.45, 2.75) is 51.3 Å². The number of β-amino-alcohol motifs (C(OH)–C–C–N with tert-alkyl or cyclic N) is 1. The summed E-state index contributed by atoms with van der Waals surface area (Å²) < 4.78 is 11.3. The summed E-state index contributed by atoms with van der Waals surface area (Å²) in [4.78, 5) is 6.46. The summed E-state index contributed by atoms with van der Waals surface area (Å²) in [6.45, 7) is 5.31. The molecular weight excluding hydrogens is 282 g/mol. The molecule has 1 N–H and O–H groups in total. The van der Waals surface area contributed by atoms with Crippen molar-refractivity contribution in [3.8, 4) is 0 Å². The number of rotatable bonds is 4. The maximum atomic E-state index is 9.99. The zero-order chi connectivity index (χ0) is 15.3. The van der Waals surface area contributed by atoms with Gasteiger partial charge in [-0.05, 0) is 37.8 Å². The molecule has 4 rings (SSSR count). The van der Waals surface area contributed by atoms with Gasteiger partial charge in [0, 0.05) is 12.5 Å². The molecule has 0 radical (unpaired) electrons. The van der Waals surface area contributed by atoms with Crippen LogP contribution in [0.2, 0.25) is 0 Å². The first-order valence-electron chi connectivity index (χ1n) is 7.91. The molecule has 2 aliphatic rings. The number of aliphatic hydroxyl groups excluding tert-OH is 1. The average Bonchev–Trinajstić information content (AvgIpc) is 2.89. The van der Waals surface area contributed by atoms with Gasteiger partial charge in [0.1, 0.15) is 11.5 Å². The molecule has 3 heterocycles. The van der Waals surface area contributed by atoms with Crippen LogP contribution >= 0.6 is 0 Å². The number of hydrogen-bond acceptors (Lipinski definition) is 6. The minimum absolute atomic E-state index is 0.0374. The lowest BCUT2D eigenvalue weighted by Gasteiger charge is -2.19. The molecule has 0 spiro atoms. The summed E-state index contributed by atoms with van der Waals surface area (Å²) in [5.41, 5.74) is 0. The minimum atomic E-state index is -0.366. The topological polar surface area (TPSA) is 75.5 Å². The van der Waals surface area contributed by atoms with Crippen molar-refractivity contribution in [2.75, 3.05) is 6.54 Å². The van der Waals surface area contributed by atoms with Crippen LogP contribution in [0.5, 0.6) is 0 Å². The van der Waals surface area contributed by atoms with E-state index in [4.69, 9.17) is 8.94 Å². The van der Waals surface area contributed by atoms with Gasteiger partial charge < -0.3 is 14.0 Å². The van der Waals surface area contributed by atoms with Crippen LogP contribution in [0.25, 0.3) is 0 Å². The molecule has 6 heteroatoms. The molecule has 1 saturated heterocycles. The Balaban J connectivity index is 1.49. The lowest BCUT2D eigenvalue weighted by atomic mass is 10.2. The summed E-state index contributed by atoms with van der Waals surface area (Å²) in [6.07, 6.45) is 1.48. The van der Waals surface area contributed by atoms with Crippen LogP contribution in [-0.4, -0.2) is 32.8 Å². The lowest BCUT2D eigenvalue weighted by molar-refractivity contribution is 0.162. The van der Waals surface area contributed by atoms with Gasteiger partial charge in [-0.15, -0.1) is 0 Å². The number of aryl methyl sites for hydroxylation is 1. The Morgan fingerprint density at radius 3 is 2.86 bits per heavy atom. The average molecular weight is 303 g/mol. The van der Waals surface area contributed by atoms with Crippen molar-refractivity contribution in [1.82, 2.24) is 15.0 Å². The van der Waals surface area contributed by atoms with Gasteiger partial charge in [-0.25, -0.2) is 0 Å². The van der Waals surface area contributed by atoms with E-state index >= 15 is 0 Å². The maximum absolute atomic E-state index is 9.99. The Labute approximate surface area is 129 Å². The molecule has 22 heavy (non-hydrogen) atoms. The van der Waals surface area contributed by atoms with E-state index in [9.17, 15) is 5.11 Å². The van der Waals surface area contributed by atoms with Crippen molar-refractivity contribution >= 4 is 0 Å². The van der Waals surface area contributed by atoms with Crippen LogP contribution in [0.3, 0.4) is 0 Å². The van der Waals surface area contributed by atoms with E-state index in [0.717, 1.165) is 17.4 Å². The third-order valence-electron chi connectivity index (χ3n) is 4.73. The fourth-order valence-electron chi connectivity index (χ4n) is 3.36. The molecule has 118 valence electrons. The first-order chi connectivity index (χ1) is 10.6.